The van der Waals surface area contributed by atoms with E-state index in [1.165, 1.54) is 10.7 Å². The summed E-state index contributed by atoms with van der Waals surface area (Å²) in [6, 6.07) is 63.4. The molecule has 0 amide bonds. The van der Waals surface area contributed by atoms with Crippen LogP contribution in [0.2, 0.25) is 0 Å². The van der Waals surface area contributed by atoms with Gasteiger partial charge in [-0.15, -0.1) is 0 Å². The van der Waals surface area contributed by atoms with Crippen molar-refractivity contribution in [3.05, 3.63) is 328 Å². The Kier molecular flexibility index (Phi) is 39.0. The second-order valence-corrected chi connectivity index (χ2v) is 27.6. The van der Waals surface area contributed by atoms with E-state index in [4.69, 9.17) is 43.1 Å². The van der Waals surface area contributed by atoms with Crippen LogP contribution in [0.25, 0.3) is 9.69 Å². The van der Waals surface area contributed by atoms with Gasteiger partial charge in [0.2, 0.25) is 0 Å². The van der Waals surface area contributed by atoms with Crippen molar-refractivity contribution in [2.24, 2.45) is 30.0 Å². The second kappa shape index (κ2) is 45.2. The second-order valence-electron chi connectivity index (χ2n) is 25.2. The molecule has 0 aliphatic carbocycles. The van der Waals surface area contributed by atoms with E-state index in [0.29, 0.717) is 45.1 Å². The summed E-state index contributed by atoms with van der Waals surface area (Å²) >= 11 is 0. The molecule has 0 aromatic heterocycles. The van der Waals surface area contributed by atoms with Crippen molar-refractivity contribution in [3.63, 3.8) is 0 Å². The number of hydrogen-bond donors (Lipinski definition) is 0. The van der Waals surface area contributed by atoms with Gasteiger partial charge in [-0.2, -0.15) is 0 Å². The first-order valence-corrected chi connectivity index (χ1v) is 35.8. The fourth-order valence-corrected chi connectivity index (χ4v) is 11.9. The van der Waals surface area contributed by atoms with Crippen LogP contribution in [0.3, 0.4) is 0 Å². The van der Waals surface area contributed by atoms with Gasteiger partial charge in [0.25, 0.3) is 21.6 Å². The van der Waals surface area contributed by atoms with Gasteiger partial charge in [-0.1, -0.05) is 229 Å². The van der Waals surface area contributed by atoms with Crippen molar-refractivity contribution in [2.45, 2.75) is 125 Å². The molecular formula is C90H90Br2Cl2N8O2Pd2-2. The van der Waals surface area contributed by atoms with Crippen molar-refractivity contribution in [2.75, 3.05) is 10.7 Å². The van der Waals surface area contributed by atoms with Crippen LogP contribution in [0.1, 0.15) is 135 Å². The van der Waals surface area contributed by atoms with Crippen molar-refractivity contribution < 1.29 is 106 Å². The van der Waals surface area contributed by atoms with E-state index in [1.807, 2.05) is 305 Å². The van der Waals surface area contributed by atoms with Crippen molar-refractivity contribution in [1.82, 2.24) is 0 Å². The Morgan fingerprint density at radius 1 is 0.302 bits per heavy atom. The third kappa shape index (κ3) is 25.3. The minimum Gasteiger partial charge on any atom is -1.00 e. The van der Waals surface area contributed by atoms with E-state index in [0.717, 1.165) is 135 Å². The molecule has 16 heteroatoms. The van der Waals surface area contributed by atoms with E-state index in [2.05, 4.69) is 43.7 Å². The normalized spacial score (nSPS) is 11.6. The molecule has 0 atom stereocenters. The zero-order chi connectivity index (χ0) is 74.2. The van der Waals surface area contributed by atoms with Crippen LogP contribution >= 0.6 is 0 Å². The molecule has 1 heterocycles. The Balaban J connectivity index is 0.000000405. The number of alkyl halides is 4. The summed E-state index contributed by atoms with van der Waals surface area (Å²) < 4.78 is 0. The third-order valence-corrected chi connectivity index (χ3v) is 19.3. The number of ketones is 2. The fraction of sp³-hybridized carbons (Fsp3) is 0.222. The Hall–Kier alpha value is -8.60. The van der Waals surface area contributed by atoms with Crippen LogP contribution in [0.5, 0.6) is 0 Å². The minimum absolute atomic E-state index is 0. The molecule has 0 unspecified atom stereocenters. The SMILES string of the molecule is C1[Cl+]C[Cl+]1.CC(=O)c1ccccc1C(=Nc1c(C)cccc1C)C([C-]=Nc1c(C)cccc1C)=Nc1c(C)cccc1C.CC(=O)c1ccccc1C(=Nc1c(C)cccc1C)C([C-]=Nc1c(C)cccc1C)=Nc1c(C)cccc1C.[Br-].[Br-].[C-]#[N+]c1c(C)cccc1C.[C-]#[N+]c1c(C)cccc1C.[Pd].[Pd]. The van der Waals surface area contributed by atoms with Gasteiger partial charge in [0.05, 0.1) is 35.9 Å². The van der Waals surface area contributed by atoms with Crippen molar-refractivity contribution in [3.8, 4) is 0 Å². The number of carbonyl (C=O) groups excluding carboxylic acids is 2. The van der Waals surface area contributed by atoms with Gasteiger partial charge in [-0.05, 0) is 237 Å². The summed E-state index contributed by atoms with van der Waals surface area (Å²) in [5.41, 5.74) is 27.9. The van der Waals surface area contributed by atoms with Crippen LogP contribution in [0, 0.1) is 146 Å². The predicted octanol–water partition coefficient (Wildman–Crippen LogP) is 17.6. The number of carbonyl (C=O) groups is 2. The van der Waals surface area contributed by atoms with Crippen LogP contribution in [-0.2, 0) is 40.8 Å². The molecule has 11 rings (SSSR count). The zero-order valence-corrected chi connectivity index (χ0v) is 71.2. The molecular weight excluding hydrogens is 1670 g/mol. The molecule has 552 valence electrons. The number of aliphatic imine (C=N–C) groups is 6. The minimum atomic E-state index is -0.0436. The van der Waals surface area contributed by atoms with Crippen LogP contribution in [-0.4, -0.2) is 57.5 Å². The van der Waals surface area contributed by atoms with Crippen LogP contribution < -0.4 is 34.0 Å². The quantitative estimate of drug-likeness (QED) is 0.0354. The molecule has 10 aromatic rings. The molecule has 1 saturated heterocycles. The Labute approximate surface area is 685 Å². The van der Waals surface area contributed by atoms with E-state index < -0.39 is 0 Å². The molecule has 106 heavy (non-hydrogen) atoms. The number of hydrogen-bond acceptors (Lipinski definition) is 8. The predicted molar refractivity (Wildman–Crippen MR) is 423 cm³/mol. The molecule has 0 N–H and O–H groups in total. The number of aryl methyl sites for hydroxylation is 16. The maximum absolute atomic E-state index is 12.8. The number of Topliss-reactive ketones (excluding diaryl/α,β-unsaturated/α-hetero) is 2. The maximum atomic E-state index is 12.8. The Bertz CT molecular complexity index is 4550. The monoisotopic (exact) mass is 1750 g/mol. The standard InChI is InChI=1S/2C35H34N3O.2C9H9N.C2H4Cl2.2BrH.2Pd/c2*1-22-13-10-14-23(2)32(22)36-21-31(37-33-24(3)15-11-16-25(33)4)35(30-20-9-8-19-29(30)28(7)39)38-34-26(5)17-12-18-27(34)6;2*1-7-5-4-6-8(2)9(7)10-3;1-3-2-4-1;;;;/h2*8-20H,1-7H3;2*4-6H,1-2H3;1-2H2;2*1H;;/q2*-1;;;+2;;;;/p-2. The van der Waals surface area contributed by atoms with Crippen LogP contribution in [0.4, 0.5) is 45.5 Å². The van der Waals surface area contributed by atoms with Gasteiger partial charge >= 0.3 is 10.7 Å². The van der Waals surface area contributed by atoms with Gasteiger partial charge in [-0.3, -0.25) is 19.6 Å². The maximum Gasteiger partial charge on any atom is 0.393 e. The van der Waals surface area contributed by atoms with Gasteiger partial charge < -0.3 is 53.9 Å². The zero-order valence-electron chi connectivity index (χ0n) is 63.4. The number of nitrogens with zero attached hydrogens (tertiary/aromatic N) is 8. The Morgan fingerprint density at radius 3 is 0.679 bits per heavy atom. The van der Waals surface area contributed by atoms with E-state index in [-0.39, 0.29) is 86.4 Å². The summed E-state index contributed by atoms with van der Waals surface area (Å²) in [5.74, 6) is -0.0872. The van der Waals surface area contributed by atoms with Crippen molar-refractivity contribution in [1.29, 1.82) is 0 Å². The van der Waals surface area contributed by atoms with E-state index in [9.17, 15) is 9.59 Å². The van der Waals surface area contributed by atoms with Gasteiger partial charge in [-0.25, -0.2) is 9.69 Å². The summed E-state index contributed by atoms with van der Waals surface area (Å²) in [6.07, 6.45) is 6.55. The first-order valence-electron chi connectivity index (χ1n) is 33.7. The molecule has 10 aromatic carbocycles. The van der Waals surface area contributed by atoms with Gasteiger partial charge in [0, 0.05) is 52.0 Å². The first kappa shape index (κ1) is 91.6. The molecule has 0 spiro atoms. The van der Waals surface area contributed by atoms with Crippen LogP contribution in [0.15, 0.2) is 224 Å². The molecule has 0 saturated carbocycles. The topological polar surface area (TPSA) is 117 Å². The average molecular weight is 1760 g/mol. The molecule has 1 aliphatic rings. The average Bonchev–Trinajstić information content (AvgIpc) is 0.798. The van der Waals surface area contributed by atoms with E-state index >= 15 is 0 Å². The van der Waals surface area contributed by atoms with Gasteiger partial charge in [0.15, 0.2) is 22.9 Å². The third-order valence-electron chi connectivity index (χ3n) is 17.0. The number of benzene rings is 10. The number of rotatable bonds is 14. The number of para-hydroxylation sites is 8. The summed E-state index contributed by atoms with van der Waals surface area (Å²) in [6.45, 7) is 49.1. The molecule has 10 nitrogen and oxygen atoms in total. The Morgan fingerprint density at radius 2 is 0.491 bits per heavy atom. The molecule has 0 bridgehead atoms. The number of halogens is 4. The summed E-state index contributed by atoms with van der Waals surface area (Å²) in [7, 11) is 4.67. The molecule has 0 radical (unpaired) electrons. The molecule has 1 fully saturated rings. The first-order chi connectivity index (χ1) is 48.8. The van der Waals surface area contributed by atoms with Gasteiger partial charge in [0.1, 0.15) is 0 Å². The van der Waals surface area contributed by atoms with Crippen molar-refractivity contribution >= 4 is 92.3 Å². The smallest absolute Gasteiger partial charge is 0.393 e. The summed E-state index contributed by atoms with van der Waals surface area (Å²) in [4.78, 5) is 62.7. The fourth-order valence-electron chi connectivity index (χ4n) is 11.3. The summed E-state index contributed by atoms with van der Waals surface area (Å²) in [5, 5.41) is 2.44. The van der Waals surface area contributed by atoms with E-state index in [1.54, 1.807) is 13.8 Å². The molecule has 1 aliphatic heterocycles. The largest absolute Gasteiger partial charge is 1.00 e.